The highest BCUT2D eigenvalue weighted by molar-refractivity contribution is 6.02. The summed E-state index contributed by atoms with van der Waals surface area (Å²) in [4.78, 5) is 19.0. The van der Waals surface area contributed by atoms with Crippen molar-refractivity contribution >= 4 is 22.6 Å². The largest absolute Gasteiger partial charge is 0.494 e. The first kappa shape index (κ1) is 18.4. The van der Waals surface area contributed by atoms with Gasteiger partial charge in [-0.1, -0.05) is 0 Å². The molecule has 1 fully saturated rings. The summed E-state index contributed by atoms with van der Waals surface area (Å²) in [5.74, 6) is 0.672. The summed E-state index contributed by atoms with van der Waals surface area (Å²) >= 11 is 0. The average molecular weight is 359 g/mol. The van der Waals surface area contributed by atoms with Crippen LogP contribution in [0.3, 0.4) is 0 Å². The van der Waals surface area contributed by atoms with Crippen LogP contribution in [0.5, 0.6) is 5.75 Å². The highest BCUT2D eigenvalue weighted by Gasteiger charge is 2.35. The zero-order valence-corrected chi connectivity index (χ0v) is 15.6. The minimum atomic E-state index is -0.428. The number of carbonyl (C=O) groups excluding carboxylic acids is 1. The minimum Gasteiger partial charge on any atom is -0.494 e. The van der Waals surface area contributed by atoms with Crippen molar-refractivity contribution in [3.63, 3.8) is 0 Å². The van der Waals surface area contributed by atoms with Gasteiger partial charge in [-0.2, -0.15) is 0 Å². The van der Waals surface area contributed by atoms with Crippen LogP contribution in [0.25, 0.3) is 10.9 Å². The number of ether oxygens (including phenoxy) is 3. The fourth-order valence-electron chi connectivity index (χ4n) is 3.34. The van der Waals surface area contributed by atoms with Crippen LogP contribution >= 0.6 is 0 Å². The molecule has 2 amide bonds. The van der Waals surface area contributed by atoms with Crippen LogP contribution in [0.1, 0.15) is 13.8 Å². The number of morpholine rings is 1. The summed E-state index contributed by atoms with van der Waals surface area (Å²) in [7, 11) is 3.24. The van der Waals surface area contributed by atoms with Crippen LogP contribution in [-0.4, -0.2) is 61.5 Å². The molecule has 0 saturated carbocycles. The van der Waals surface area contributed by atoms with E-state index in [2.05, 4.69) is 10.3 Å². The first-order valence-electron chi connectivity index (χ1n) is 8.58. The van der Waals surface area contributed by atoms with Crippen LogP contribution in [0.4, 0.5) is 10.5 Å². The van der Waals surface area contributed by atoms with E-state index in [-0.39, 0.29) is 12.1 Å². The van der Waals surface area contributed by atoms with Crippen LogP contribution in [0.15, 0.2) is 30.5 Å². The van der Waals surface area contributed by atoms with E-state index < -0.39 is 5.60 Å². The molecule has 1 aromatic carbocycles. The number of hydrogen-bond donors (Lipinski definition) is 1. The normalized spacial score (nSPS) is 19.4. The van der Waals surface area contributed by atoms with E-state index in [9.17, 15) is 4.79 Å². The number of aromatic nitrogens is 1. The number of amides is 2. The Kier molecular flexibility index (Phi) is 5.29. The topological polar surface area (TPSA) is 72.9 Å². The van der Waals surface area contributed by atoms with Gasteiger partial charge in [0.25, 0.3) is 0 Å². The number of fused-ring (bicyclic) bond motifs is 1. The molecule has 3 rings (SSSR count). The Balaban J connectivity index is 1.82. The lowest BCUT2D eigenvalue weighted by Crippen LogP contribution is -2.56. The lowest BCUT2D eigenvalue weighted by atomic mass is 10.1. The van der Waals surface area contributed by atoms with E-state index in [0.29, 0.717) is 36.6 Å². The molecule has 7 nitrogen and oxygen atoms in total. The first-order valence-corrected chi connectivity index (χ1v) is 8.58. The summed E-state index contributed by atoms with van der Waals surface area (Å²) < 4.78 is 16.5. The molecular formula is C19H25N3O4. The monoisotopic (exact) mass is 359 g/mol. The van der Waals surface area contributed by atoms with Crippen molar-refractivity contribution < 1.29 is 19.0 Å². The van der Waals surface area contributed by atoms with Crippen LogP contribution < -0.4 is 10.1 Å². The summed E-state index contributed by atoms with van der Waals surface area (Å²) in [6.07, 6.45) is 1.56. The number of rotatable bonds is 4. The molecule has 0 bridgehead atoms. The van der Waals surface area contributed by atoms with E-state index in [1.54, 1.807) is 25.3 Å². The quantitative estimate of drug-likeness (QED) is 0.909. The highest BCUT2D eigenvalue weighted by Crippen LogP contribution is 2.30. The van der Waals surface area contributed by atoms with Gasteiger partial charge in [0.1, 0.15) is 11.3 Å². The summed E-state index contributed by atoms with van der Waals surface area (Å²) in [6, 6.07) is 7.22. The van der Waals surface area contributed by atoms with Gasteiger partial charge in [-0.3, -0.25) is 4.98 Å². The standard InChI is InChI=1S/C19H25N3O4/c1-19(2)12-22(10-13(26-19)11-24-3)18(23)21-15-7-8-16(25-4)17-14(15)6-5-9-20-17/h5-9,13H,10-12H2,1-4H3,(H,21,23). The molecule has 26 heavy (non-hydrogen) atoms. The van der Waals surface area contributed by atoms with E-state index in [0.717, 1.165) is 5.39 Å². The molecule has 2 heterocycles. The summed E-state index contributed by atoms with van der Waals surface area (Å²) in [6.45, 7) is 5.38. The third-order valence-electron chi connectivity index (χ3n) is 4.32. The lowest BCUT2D eigenvalue weighted by Gasteiger charge is -2.42. The van der Waals surface area contributed by atoms with Gasteiger partial charge in [0, 0.05) is 18.7 Å². The van der Waals surface area contributed by atoms with Crippen molar-refractivity contribution in [2.45, 2.75) is 25.6 Å². The van der Waals surface area contributed by atoms with Crippen molar-refractivity contribution in [1.29, 1.82) is 0 Å². The van der Waals surface area contributed by atoms with Crippen molar-refractivity contribution in [3.8, 4) is 5.75 Å². The number of carbonyl (C=O) groups is 1. The molecule has 1 aromatic heterocycles. The molecule has 1 saturated heterocycles. The Morgan fingerprint density at radius 2 is 2.19 bits per heavy atom. The SMILES string of the molecule is COCC1CN(C(=O)Nc2ccc(OC)c3ncccc23)CC(C)(C)O1. The third kappa shape index (κ3) is 3.89. The van der Waals surface area contributed by atoms with E-state index in [4.69, 9.17) is 14.2 Å². The molecule has 0 spiro atoms. The maximum absolute atomic E-state index is 12.9. The second-order valence-corrected chi connectivity index (χ2v) is 6.98. The number of benzene rings is 1. The van der Waals surface area contributed by atoms with Crippen LogP contribution in [0.2, 0.25) is 0 Å². The average Bonchev–Trinajstić information content (AvgIpc) is 2.61. The van der Waals surface area contributed by atoms with Gasteiger partial charge >= 0.3 is 6.03 Å². The summed E-state index contributed by atoms with van der Waals surface area (Å²) in [5.41, 5.74) is 0.987. The smallest absolute Gasteiger partial charge is 0.322 e. The Morgan fingerprint density at radius 1 is 1.38 bits per heavy atom. The third-order valence-corrected chi connectivity index (χ3v) is 4.32. The molecule has 1 N–H and O–H groups in total. The minimum absolute atomic E-state index is 0.149. The maximum atomic E-state index is 12.9. The van der Waals surface area contributed by atoms with E-state index >= 15 is 0 Å². The number of pyridine rings is 1. The molecule has 7 heteroatoms. The van der Waals surface area contributed by atoms with Crippen LogP contribution in [-0.2, 0) is 9.47 Å². The molecular weight excluding hydrogens is 334 g/mol. The molecule has 2 aromatic rings. The highest BCUT2D eigenvalue weighted by atomic mass is 16.5. The van der Waals surface area contributed by atoms with Crippen molar-refractivity contribution in [2.75, 3.05) is 39.2 Å². The van der Waals surface area contributed by atoms with E-state index in [1.165, 1.54) is 0 Å². The lowest BCUT2D eigenvalue weighted by molar-refractivity contribution is -0.141. The van der Waals surface area contributed by atoms with Crippen molar-refractivity contribution in [2.24, 2.45) is 0 Å². The number of anilines is 1. The van der Waals surface area contributed by atoms with Gasteiger partial charge in [-0.15, -0.1) is 0 Å². The van der Waals surface area contributed by atoms with Gasteiger partial charge in [0.15, 0.2) is 0 Å². The number of nitrogens with zero attached hydrogens (tertiary/aromatic N) is 2. The fraction of sp³-hybridized carbons (Fsp3) is 0.474. The van der Waals surface area contributed by atoms with Gasteiger partial charge < -0.3 is 24.4 Å². The Morgan fingerprint density at radius 3 is 2.92 bits per heavy atom. The van der Waals surface area contributed by atoms with Gasteiger partial charge in [-0.25, -0.2) is 4.79 Å². The Labute approximate surface area is 153 Å². The number of urea groups is 1. The molecule has 0 radical (unpaired) electrons. The van der Waals surface area contributed by atoms with E-state index in [1.807, 2.05) is 38.1 Å². The Bertz CT molecular complexity index is 793. The summed E-state index contributed by atoms with van der Waals surface area (Å²) in [5, 5.41) is 3.84. The maximum Gasteiger partial charge on any atom is 0.322 e. The second-order valence-electron chi connectivity index (χ2n) is 6.98. The number of nitrogens with one attached hydrogen (secondary N) is 1. The second kappa shape index (κ2) is 7.47. The Hall–Kier alpha value is -2.38. The predicted octanol–water partition coefficient (Wildman–Crippen LogP) is 2.90. The molecule has 140 valence electrons. The molecule has 1 unspecified atom stereocenters. The van der Waals surface area contributed by atoms with Crippen molar-refractivity contribution in [3.05, 3.63) is 30.5 Å². The zero-order valence-electron chi connectivity index (χ0n) is 15.6. The molecule has 1 aliphatic rings. The predicted molar refractivity (Wildman–Crippen MR) is 99.7 cm³/mol. The van der Waals surface area contributed by atoms with Gasteiger partial charge in [-0.05, 0) is 38.1 Å². The van der Waals surface area contributed by atoms with Crippen LogP contribution in [0, 0.1) is 0 Å². The number of hydrogen-bond acceptors (Lipinski definition) is 5. The molecule has 0 aliphatic carbocycles. The molecule has 1 atom stereocenters. The molecule has 1 aliphatic heterocycles. The van der Waals surface area contributed by atoms with Crippen molar-refractivity contribution in [1.82, 2.24) is 9.88 Å². The zero-order chi connectivity index (χ0) is 18.7. The fourth-order valence-corrected chi connectivity index (χ4v) is 3.34. The first-order chi connectivity index (χ1) is 12.4. The number of methoxy groups -OCH3 is 2. The van der Waals surface area contributed by atoms with Gasteiger partial charge in [0.2, 0.25) is 0 Å². The van der Waals surface area contributed by atoms with Gasteiger partial charge in [0.05, 0.1) is 44.2 Å².